The van der Waals surface area contributed by atoms with Crippen molar-refractivity contribution >= 4 is 17.5 Å². The molecule has 1 fully saturated rings. The molecule has 0 aromatic heterocycles. The largest absolute Gasteiger partial charge is 0.366 e. The van der Waals surface area contributed by atoms with Gasteiger partial charge in [-0.3, -0.25) is 9.59 Å². The molecule has 2 amide bonds. The van der Waals surface area contributed by atoms with Crippen LogP contribution in [0, 0.1) is 5.41 Å². The molecule has 6 heteroatoms. The van der Waals surface area contributed by atoms with Gasteiger partial charge in [-0.2, -0.15) is 0 Å². The van der Waals surface area contributed by atoms with Crippen molar-refractivity contribution in [2.24, 2.45) is 16.9 Å². The topological polar surface area (TPSA) is 101 Å². The lowest BCUT2D eigenvalue weighted by atomic mass is 9.71. The average molecular weight is 346 g/mol. The molecule has 0 heterocycles. The second-order valence-electron chi connectivity index (χ2n) is 7.46. The highest BCUT2D eigenvalue weighted by atomic mass is 16.2. The minimum absolute atomic E-state index is 0.0472. The molecule has 1 aromatic carbocycles. The van der Waals surface area contributed by atoms with Gasteiger partial charge in [0.1, 0.15) is 0 Å². The molecule has 0 radical (unpaired) electrons. The lowest BCUT2D eigenvalue weighted by molar-refractivity contribution is -0.118. The molecule has 1 saturated carbocycles. The molecule has 0 unspecified atom stereocenters. The SMILES string of the molecule is CN(C)Cc1ccc(C(N)=O)cc1NC(=O)CC1(CN)CCCCC1. The van der Waals surface area contributed by atoms with E-state index in [9.17, 15) is 9.59 Å². The van der Waals surface area contributed by atoms with Crippen LogP contribution in [0.1, 0.15) is 54.4 Å². The number of hydrogen-bond acceptors (Lipinski definition) is 4. The lowest BCUT2D eigenvalue weighted by Gasteiger charge is -2.35. The smallest absolute Gasteiger partial charge is 0.248 e. The number of rotatable bonds is 7. The summed E-state index contributed by atoms with van der Waals surface area (Å²) in [6.07, 6.45) is 5.91. The van der Waals surface area contributed by atoms with Crippen molar-refractivity contribution in [1.82, 2.24) is 4.90 Å². The van der Waals surface area contributed by atoms with Gasteiger partial charge in [0.2, 0.25) is 11.8 Å². The van der Waals surface area contributed by atoms with Gasteiger partial charge >= 0.3 is 0 Å². The number of hydrogen-bond donors (Lipinski definition) is 3. The van der Waals surface area contributed by atoms with Crippen LogP contribution in [0.4, 0.5) is 5.69 Å². The number of primary amides is 1. The van der Waals surface area contributed by atoms with Crippen LogP contribution in [-0.4, -0.2) is 37.4 Å². The Kier molecular flexibility index (Phi) is 6.56. The van der Waals surface area contributed by atoms with Gasteiger partial charge in [0, 0.05) is 24.2 Å². The summed E-state index contributed by atoms with van der Waals surface area (Å²) in [7, 11) is 3.91. The van der Waals surface area contributed by atoms with Crippen LogP contribution in [0.15, 0.2) is 18.2 Å². The van der Waals surface area contributed by atoms with E-state index in [1.807, 2.05) is 25.1 Å². The normalized spacial score (nSPS) is 16.6. The number of amides is 2. The highest BCUT2D eigenvalue weighted by molar-refractivity contribution is 5.97. The third-order valence-corrected chi connectivity index (χ3v) is 5.04. The highest BCUT2D eigenvalue weighted by Gasteiger charge is 2.33. The van der Waals surface area contributed by atoms with Crippen molar-refractivity contribution in [3.8, 4) is 0 Å². The number of nitrogens with two attached hydrogens (primary N) is 2. The Morgan fingerprint density at radius 3 is 2.44 bits per heavy atom. The summed E-state index contributed by atoms with van der Waals surface area (Å²) in [5.41, 5.74) is 13.3. The standard InChI is InChI=1S/C19H30N4O2/c1-23(2)12-15-7-6-14(18(21)25)10-16(15)22-17(24)11-19(13-20)8-4-3-5-9-19/h6-7,10H,3-5,8-9,11-13,20H2,1-2H3,(H2,21,25)(H,22,24). The van der Waals surface area contributed by atoms with Gasteiger partial charge in [-0.15, -0.1) is 0 Å². The van der Waals surface area contributed by atoms with Crippen molar-refractivity contribution in [3.63, 3.8) is 0 Å². The zero-order chi connectivity index (χ0) is 18.4. The van der Waals surface area contributed by atoms with E-state index < -0.39 is 5.91 Å². The van der Waals surface area contributed by atoms with Crippen LogP contribution in [0.25, 0.3) is 0 Å². The van der Waals surface area contributed by atoms with Crippen LogP contribution in [0.3, 0.4) is 0 Å². The van der Waals surface area contributed by atoms with Crippen molar-refractivity contribution in [2.45, 2.75) is 45.1 Å². The fraction of sp³-hybridized carbons (Fsp3) is 0.579. The third kappa shape index (κ3) is 5.28. The first kappa shape index (κ1) is 19.4. The minimum Gasteiger partial charge on any atom is -0.366 e. The Hall–Kier alpha value is -1.92. The third-order valence-electron chi connectivity index (χ3n) is 5.04. The van der Waals surface area contributed by atoms with Gasteiger partial charge < -0.3 is 21.7 Å². The molecule has 1 aromatic rings. The molecule has 5 N–H and O–H groups in total. The fourth-order valence-corrected chi connectivity index (χ4v) is 3.61. The maximum absolute atomic E-state index is 12.7. The maximum atomic E-state index is 12.7. The van der Waals surface area contributed by atoms with E-state index >= 15 is 0 Å². The molecule has 138 valence electrons. The van der Waals surface area contributed by atoms with E-state index in [1.165, 1.54) is 6.42 Å². The van der Waals surface area contributed by atoms with Gasteiger partial charge in [0.15, 0.2) is 0 Å². The van der Waals surface area contributed by atoms with Crippen molar-refractivity contribution in [2.75, 3.05) is 26.0 Å². The summed E-state index contributed by atoms with van der Waals surface area (Å²) < 4.78 is 0. The van der Waals surface area contributed by atoms with Crippen molar-refractivity contribution in [1.29, 1.82) is 0 Å². The second kappa shape index (κ2) is 8.45. The van der Waals surface area contributed by atoms with Crippen LogP contribution < -0.4 is 16.8 Å². The predicted octanol–water partition coefficient (Wildman–Crippen LogP) is 2.08. The van der Waals surface area contributed by atoms with Gasteiger partial charge in [0.05, 0.1) is 0 Å². The summed E-state index contributed by atoms with van der Waals surface area (Å²) in [4.78, 5) is 26.1. The summed E-state index contributed by atoms with van der Waals surface area (Å²) in [5, 5.41) is 2.99. The molecule has 1 aliphatic rings. The van der Waals surface area contributed by atoms with Crippen LogP contribution in [0.5, 0.6) is 0 Å². The minimum atomic E-state index is -0.502. The summed E-state index contributed by atoms with van der Waals surface area (Å²) in [5.74, 6) is -0.549. The van der Waals surface area contributed by atoms with Crippen molar-refractivity contribution in [3.05, 3.63) is 29.3 Å². The second-order valence-corrected chi connectivity index (χ2v) is 7.46. The number of nitrogens with one attached hydrogen (secondary N) is 1. The van der Waals surface area contributed by atoms with Gasteiger partial charge in [-0.25, -0.2) is 0 Å². The van der Waals surface area contributed by atoms with E-state index in [-0.39, 0.29) is 11.3 Å². The van der Waals surface area contributed by atoms with Gasteiger partial charge in [0.25, 0.3) is 0 Å². The first-order chi connectivity index (χ1) is 11.8. The maximum Gasteiger partial charge on any atom is 0.248 e. The summed E-state index contributed by atoms with van der Waals surface area (Å²) in [6.45, 7) is 1.20. The number of anilines is 1. The molecule has 2 rings (SSSR count). The Morgan fingerprint density at radius 2 is 1.88 bits per heavy atom. The number of carbonyl (C=O) groups excluding carboxylic acids is 2. The van der Waals surface area contributed by atoms with Crippen molar-refractivity contribution < 1.29 is 9.59 Å². The highest BCUT2D eigenvalue weighted by Crippen LogP contribution is 2.38. The number of benzene rings is 1. The van der Waals surface area contributed by atoms with E-state index in [4.69, 9.17) is 11.5 Å². The van der Waals surface area contributed by atoms with E-state index in [2.05, 4.69) is 5.32 Å². The average Bonchev–Trinajstić information content (AvgIpc) is 2.56. The Bertz CT molecular complexity index is 622. The fourth-order valence-electron chi connectivity index (χ4n) is 3.61. The first-order valence-electron chi connectivity index (χ1n) is 8.93. The molecular formula is C19H30N4O2. The Morgan fingerprint density at radius 1 is 1.20 bits per heavy atom. The zero-order valence-electron chi connectivity index (χ0n) is 15.3. The molecule has 0 atom stereocenters. The Balaban J connectivity index is 2.17. The molecule has 6 nitrogen and oxygen atoms in total. The van der Waals surface area contributed by atoms with E-state index in [1.54, 1.807) is 12.1 Å². The van der Waals surface area contributed by atoms with Gasteiger partial charge in [-0.1, -0.05) is 25.3 Å². The first-order valence-corrected chi connectivity index (χ1v) is 8.93. The van der Waals surface area contributed by atoms with E-state index in [0.29, 0.717) is 30.8 Å². The monoisotopic (exact) mass is 346 g/mol. The molecular weight excluding hydrogens is 316 g/mol. The molecule has 0 spiro atoms. The molecule has 1 aliphatic carbocycles. The molecule has 0 bridgehead atoms. The summed E-state index contributed by atoms with van der Waals surface area (Å²) >= 11 is 0. The number of nitrogens with zero attached hydrogens (tertiary/aromatic N) is 1. The molecule has 0 saturated heterocycles. The predicted molar refractivity (Wildman–Crippen MR) is 100 cm³/mol. The number of carbonyl (C=O) groups is 2. The quantitative estimate of drug-likeness (QED) is 0.703. The van der Waals surface area contributed by atoms with Crippen LogP contribution in [0.2, 0.25) is 0 Å². The van der Waals surface area contributed by atoms with Gasteiger partial charge in [-0.05, 0) is 56.6 Å². The Labute approximate surface area is 149 Å². The van der Waals surface area contributed by atoms with Crippen LogP contribution in [-0.2, 0) is 11.3 Å². The lowest BCUT2D eigenvalue weighted by Crippen LogP contribution is -2.36. The molecule has 0 aliphatic heterocycles. The molecule has 25 heavy (non-hydrogen) atoms. The zero-order valence-corrected chi connectivity index (χ0v) is 15.3. The van der Waals surface area contributed by atoms with Crippen LogP contribution >= 0.6 is 0 Å². The van der Waals surface area contributed by atoms with E-state index in [0.717, 1.165) is 31.2 Å². The summed E-state index contributed by atoms with van der Waals surface area (Å²) in [6, 6.07) is 5.20.